The molecule has 66 heavy (non-hydrogen) atoms. The van der Waals surface area contributed by atoms with Crippen LogP contribution in [-0.4, -0.2) is 105 Å². The average molecular weight is 895 g/mol. The van der Waals surface area contributed by atoms with Gasteiger partial charge in [-0.2, -0.15) is 0 Å². The Hall–Kier alpha value is -6.06. The first-order chi connectivity index (χ1) is 32.1. The Balaban J connectivity index is 0.000000166. The molecule has 2 aromatic heterocycles. The topological polar surface area (TPSA) is 129 Å². The lowest BCUT2D eigenvalue weighted by atomic mass is 9.88. The van der Waals surface area contributed by atoms with Crippen molar-refractivity contribution >= 4 is 34.6 Å². The molecule has 4 heterocycles. The van der Waals surface area contributed by atoms with E-state index in [2.05, 4.69) is 88.3 Å². The number of aromatic nitrogens is 4. The van der Waals surface area contributed by atoms with Crippen molar-refractivity contribution in [1.82, 2.24) is 29.7 Å². The summed E-state index contributed by atoms with van der Waals surface area (Å²) in [6.45, 7) is 11.5. The third-order valence-electron chi connectivity index (χ3n) is 13.8. The zero-order valence-electron chi connectivity index (χ0n) is 37.8. The molecule has 4 aliphatic rings. The van der Waals surface area contributed by atoms with Crippen LogP contribution in [0.5, 0.6) is 0 Å². The van der Waals surface area contributed by atoms with E-state index in [9.17, 15) is 19.0 Å². The van der Waals surface area contributed by atoms with Crippen LogP contribution in [0.2, 0.25) is 0 Å². The number of aliphatic hydroxyl groups is 2. The lowest BCUT2D eigenvalue weighted by Crippen LogP contribution is -2.47. The van der Waals surface area contributed by atoms with E-state index in [-0.39, 0.29) is 35.9 Å². The van der Waals surface area contributed by atoms with E-state index < -0.39 is 0 Å². The van der Waals surface area contributed by atoms with E-state index in [0.29, 0.717) is 12.8 Å². The highest BCUT2D eigenvalue weighted by atomic mass is 19.1. The summed E-state index contributed by atoms with van der Waals surface area (Å²) in [6, 6.07) is 30.6. The number of rotatable bonds is 10. The molecule has 4 N–H and O–H groups in total. The first-order valence-corrected chi connectivity index (χ1v) is 23.4. The van der Waals surface area contributed by atoms with Crippen molar-refractivity contribution in [1.29, 1.82) is 0 Å². The molecular weight excluding hydrogens is 835 g/mol. The highest BCUT2D eigenvalue weighted by Gasteiger charge is 2.26. The van der Waals surface area contributed by atoms with E-state index >= 15 is 0 Å². The number of benzene rings is 4. The molecule has 344 valence electrons. The van der Waals surface area contributed by atoms with Crippen LogP contribution in [0.4, 0.5) is 43.4 Å². The van der Waals surface area contributed by atoms with Gasteiger partial charge in [0.2, 0.25) is 0 Å². The number of nitrogens with one attached hydrogen (secondary N) is 2. The van der Waals surface area contributed by atoms with Gasteiger partial charge in [-0.1, -0.05) is 48.5 Å². The molecule has 0 unspecified atom stereocenters. The van der Waals surface area contributed by atoms with E-state index in [1.807, 2.05) is 48.5 Å². The predicted octanol–water partition coefficient (Wildman–Crippen LogP) is 8.18. The molecule has 0 spiro atoms. The number of hydrogen-bond donors (Lipinski definition) is 4. The third-order valence-corrected chi connectivity index (χ3v) is 13.8. The molecule has 4 aromatic carbocycles. The van der Waals surface area contributed by atoms with Gasteiger partial charge in [0.05, 0.1) is 12.2 Å². The number of anilines is 6. The van der Waals surface area contributed by atoms with Crippen molar-refractivity contribution in [2.75, 3.05) is 72.8 Å². The summed E-state index contributed by atoms with van der Waals surface area (Å²) >= 11 is 0. The molecule has 14 heteroatoms. The molecule has 0 radical (unpaired) electrons. The summed E-state index contributed by atoms with van der Waals surface area (Å²) in [4.78, 5) is 27.3. The number of aryl methyl sites for hydroxylation is 2. The van der Waals surface area contributed by atoms with Gasteiger partial charge in [-0.05, 0) is 109 Å². The molecule has 12 nitrogen and oxygen atoms in total. The third kappa shape index (κ3) is 10.8. The Morgan fingerprint density at radius 1 is 0.530 bits per heavy atom. The SMILES string of the molecule is C[C@@H](c1ccc(F)cc1)N1CCN(c2cc(Nc3cccc4c3C[C@@H](O)CC4)ncn2)CC1.C[C@@H](c1ccc(F)cc1)N1CCN(c2cc(Nc3cccc4c3C[C@H](O)CC4)ncn2)CC1. The van der Waals surface area contributed by atoms with Gasteiger partial charge in [0.25, 0.3) is 0 Å². The number of piperazine rings is 2. The highest BCUT2D eigenvalue weighted by molar-refractivity contribution is 5.66. The lowest BCUT2D eigenvalue weighted by molar-refractivity contribution is 0.158. The van der Waals surface area contributed by atoms with Crippen LogP contribution in [0.1, 0.15) is 72.2 Å². The maximum Gasteiger partial charge on any atom is 0.135 e. The van der Waals surface area contributed by atoms with Crippen molar-refractivity contribution in [3.05, 3.63) is 155 Å². The second kappa shape index (κ2) is 20.6. The Labute approximate surface area is 386 Å². The normalized spacial score (nSPS) is 19.7. The quantitative estimate of drug-likeness (QED) is 0.106. The van der Waals surface area contributed by atoms with Gasteiger partial charge >= 0.3 is 0 Å². The van der Waals surface area contributed by atoms with Gasteiger partial charge in [-0.15, -0.1) is 0 Å². The molecule has 2 aliphatic carbocycles. The van der Waals surface area contributed by atoms with Crippen LogP contribution >= 0.6 is 0 Å². The molecule has 0 bridgehead atoms. The van der Waals surface area contributed by atoms with Crippen molar-refractivity contribution in [3.8, 4) is 0 Å². The minimum atomic E-state index is -0.282. The molecule has 2 saturated heterocycles. The first kappa shape index (κ1) is 45.1. The average Bonchev–Trinajstić information content (AvgIpc) is 3.35. The zero-order valence-corrected chi connectivity index (χ0v) is 37.8. The number of hydrogen-bond acceptors (Lipinski definition) is 12. The summed E-state index contributed by atoms with van der Waals surface area (Å²) in [5.74, 6) is 2.94. The summed E-state index contributed by atoms with van der Waals surface area (Å²) in [5.41, 5.74) is 9.24. The van der Waals surface area contributed by atoms with Crippen molar-refractivity contribution in [2.45, 2.75) is 76.7 Å². The Kier molecular flexibility index (Phi) is 14.1. The molecule has 0 saturated carbocycles. The molecule has 0 amide bonds. The van der Waals surface area contributed by atoms with E-state index in [1.54, 1.807) is 12.7 Å². The van der Waals surface area contributed by atoms with Crippen molar-refractivity contribution in [2.24, 2.45) is 0 Å². The molecule has 2 aliphatic heterocycles. The molecular formula is C52H60F2N10O2. The lowest BCUT2D eigenvalue weighted by Gasteiger charge is -2.38. The van der Waals surface area contributed by atoms with Crippen molar-refractivity contribution < 1.29 is 19.0 Å². The van der Waals surface area contributed by atoms with Crippen LogP contribution < -0.4 is 20.4 Å². The minimum Gasteiger partial charge on any atom is -0.393 e. The van der Waals surface area contributed by atoms with E-state index in [4.69, 9.17) is 0 Å². The van der Waals surface area contributed by atoms with Gasteiger partial charge in [0.15, 0.2) is 0 Å². The summed E-state index contributed by atoms with van der Waals surface area (Å²) < 4.78 is 26.5. The minimum absolute atomic E-state index is 0.198. The van der Waals surface area contributed by atoms with Crippen LogP contribution in [0.3, 0.4) is 0 Å². The Morgan fingerprint density at radius 3 is 1.32 bits per heavy atom. The summed E-state index contributed by atoms with van der Waals surface area (Å²) in [5, 5.41) is 27.2. The largest absolute Gasteiger partial charge is 0.393 e. The van der Waals surface area contributed by atoms with Gasteiger partial charge < -0.3 is 30.6 Å². The van der Waals surface area contributed by atoms with E-state index in [0.717, 1.165) is 124 Å². The molecule has 2 fully saturated rings. The smallest absolute Gasteiger partial charge is 0.135 e. The second-order valence-electron chi connectivity index (χ2n) is 18.0. The molecule has 6 aromatic rings. The van der Waals surface area contributed by atoms with Gasteiger partial charge in [-0.25, -0.2) is 28.7 Å². The van der Waals surface area contributed by atoms with Gasteiger partial charge in [0, 0.05) is 101 Å². The fourth-order valence-electron chi connectivity index (χ4n) is 9.81. The zero-order chi connectivity index (χ0) is 45.6. The number of halogens is 2. The Morgan fingerprint density at radius 2 is 0.924 bits per heavy atom. The number of fused-ring (bicyclic) bond motifs is 2. The monoisotopic (exact) mass is 894 g/mol. The Bertz CT molecular complexity index is 2370. The first-order valence-electron chi connectivity index (χ1n) is 23.4. The highest BCUT2D eigenvalue weighted by Crippen LogP contribution is 2.33. The van der Waals surface area contributed by atoms with Crippen molar-refractivity contribution in [3.63, 3.8) is 0 Å². The van der Waals surface area contributed by atoms with Gasteiger partial charge in [-0.3, -0.25) is 9.80 Å². The second-order valence-corrected chi connectivity index (χ2v) is 18.0. The number of aliphatic hydroxyl groups excluding tert-OH is 2. The molecule has 10 rings (SSSR count). The van der Waals surface area contributed by atoms with Gasteiger partial charge in [0.1, 0.15) is 47.6 Å². The van der Waals surface area contributed by atoms with Crippen LogP contribution in [0.25, 0.3) is 0 Å². The predicted molar refractivity (Wildman–Crippen MR) is 257 cm³/mol. The fraction of sp³-hybridized carbons (Fsp3) is 0.385. The van der Waals surface area contributed by atoms with E-state index in [1.165, 1.54) is 46.5 Å². The van der Waals surface area contributed by atoms with Crippen LogP contribution in [0, 0.1) is 11.6 Å². The maximum atomic E-state index is 13.3. The standard InChI is InChI=1S/2C26H30FN5O/c2*1-18(19-5-8-21(27)9-6-19)31-11-13-32(14-12-31)26-16-25(28-17-29-26)30-24-4-2-3-20-7-10-22(33)15-23(20)24/h2*2-6,8-9,16-18,22,33H,7,10-15H2,1H3,(H,28,29,30)/t18-,22+;18-,22-/m00/s1. The number of nitrogens with zero attached hydrogens (tertiary/aromatic N) is 8. The maximum absolute atomic E-state index is 13.3. The fourth-order valence-corrected chi connectivity index (χ4v) is 9.81. The molecule has 4 atom stereocenters. The summed E-state index contributed by atoms with van der Waals surface area (Å²) in [7, 11) is 0. The summed E-state index contributed by atoms with van der Waals surface area (Å²) in [6.07, 6.45) is 7.44. The van der Waals surface area contributed by atoms with Crippen LogP contribution in [0.15, 0.2) is 110 Å². The van der Waals surface area contributed by atoms with Crippen LogP contribution in [-0.2, 0) is 25.7 Å².